The molecule has 0 atom stereocenters. The zero-order chi connectivity index (χ0) is 21.8. The zero-order valence-corrected chi connectivity index (χ0v) is 18.8. The second kappa shape index (κ2) is 9.47. The van der Waals surface area contributed by atoms with Crippen molar-refractivity contribution in [2.24, 2.45) is 0 Å². The predicted molar refractivity (Wildman–Crippen MR) is 121 cm³/mol. The Bertz CT molecular complexity index is 1050. The molecule has 1 saturated carbocycles. The van der Waals surface area contributed by atoms with Gasteiger partial charge in [0.05, 0.1) is 22.9 Å². The summed E-state index contributed by atoms with van der Waals surface area (Å²) in [5, 5.41) is 13.7. The maximum Gasteiger partial charge on any atom is 0.214 e. The Balaban J connectivity index is 1.32. The fraction of sp³-hybridized carbons (Fsp3) is 0.591. The highest BCUT2D eigenvalue weighted by atomic mass is 32.2. The first kappa shape index (κ1) is 21.9. The number of fused-ring (bicyclic) bond motifs is 1. The molecule has 31 heavy (non-hydrogen) atoms. The van der Waals surface area contributed by atoms with Crippen molar-refractivity contribution < 1.29 is 8.42 Å². The van der Waals surface area contributed by atoms with E-state index in [0.717, 1.165) is 55.5 Å². The molecule has 1 aromatic heterocycles. The molecule has 2 fully saturated rings. The third kappa shape index (κ3) is 4.97. The third-order valence-electron chi connectivity index (χ3n) is 6.45. The summed E-state index contributed by atoms with van der Waals surface area (Å²) in [5.74, 6) is 1.04. The Morgan fingerprint density at radius 2 is 1.87 bits per heavy atom. The maximum atomic E-state index is 12.3. The number of nitriles is 1. The molecule has 4 rings (SSSR count). The summed E-state index contributed by atoms with van der Waals surface area (Å²) in [5.41, 5.74) is 1.44. The Morgan fingerprint density at radius 1 is 1.13 bits per heavy atom. The van der Waals surface area contributed by atoms with Crippen molar-refractivity contribution in [3.05, 3.63) is 30.1 Å². The number of piperazine rings is 1. The van der Waals surface area contributed by atoms with Crippen molar-refractivity contribution >= 4 is 26.7 Å². The molecule has 0 radical (unpaired) electrons. The van der Waals surface area contributed by atoms with Crippen LogP contribution in [0.15, 0.2) is 24.5 Å². The third-order valence-corrected chi connectivity index (χ3v) is 8.52. The van der Waals surface area contributed by atoms with Gasteiger partial charge >= 0.3 is 0 Å². The van der Waals surface area contributed by atoms with Crippen LogP contribution >= 0.6 is 0 Å². The molecule has 2 heterocycles. The molecular formula is C22H30N6O2S. The summed E-state index contributed by atoms with van der Waals surface area (Å²) < 4.78 is 26.2. The van der Waals surface area contributed by atoms with E-state index in [9.17, 15) is 13.7 Å². The van der Waals surface area contributed by atoms with E-state index in [2.05, 4.69) is 26.3 Å². The lowest BCUT2D eigenvalue weighted by Gasteiger charge is -2.41. The molecule has 1 N–H and O–H groups in total. The molecule has 2 aromatic rings. The maximum absolute atomic E-state index is 12.3. The molecule has 1 aromatic carbocycles. The predicted octanol–water partition coefficient (Wildman–Crippen LogP) is 2.58. The molecule has 0 amide bonds. The van der Waals surface area contributed by atoms with Gasteiger partial charge in [0, 0.05) is 43.6 Å². The largest absolute Gasteiger partial charge is 0.367 e. The summed E-state index contributed by atoms with van der Waals surface area (Å²) in [6, 6.07) is 8.51. The molecule has 1 aliphatic heterocycles. The normalized spacial score (nSPS) is 23.5. The molecule has 0 spiro atoms. The van der Waals surface area contributed by atoms with E-state index in [-0.39, 0.29) is 5.75 Å². The first-order chi connectivity index (χ1) is 15.0. The highest BCUT2D eigenvalue weighted by Crippen LogP contribution is 2.28. The molecule has 2 aliphatic rings. The van der Waals surface area contributed by atoms with Crippen molar-refractivity contribution in [1.29, 1.82) is 5.26 Å². The van der Waals surface area contributed by atoms with Gasteiger partial charge in [-0.05, 0) is 50.3 Å². The number of benzene rings is 1. The number of nitrogens with one attached hydrogen (secondary N) is 1. The van der Waals surface area contributed by atoms with Gasteiger partial charge in [0.1, 0.15) is 12.1 Å². The Hall–Kier alpha value is -2.28. The Labute approximate surface area is 184 Å². The number of hydrogen-bond donors (Lipinski definition) is 1. The molecular weight excluding hydrogens is 412 g/mol. The van der Waals surface area contributed by atoms with Crippen molar-refractivity contribution in [1.82, 2.24) is 19.2 Å². The average Bonchev–Trinajstić information content (AvgIpc) is 2.79. The molecule has 1 aliphatic carbocycles. The van der Waals surface area contributed by atoms with Crippen LogP contribution in [0.2, 0.25) is 0 Å². The van der Waals surface area contributed by atoms with Gasteiger partial charge in [-0.2, -0.15) is 9.57 Å². The van der Waals surface area contributed by atoms with Crippen LogP contribution in [0.4, 0.5) is 5.82 Å². The van der Waals surface area contributed by atoms with Gasteiger partial charge in [-0.15, -0.1) is 0 Å². The van der Waals surface area contributed by atoms with Gasteiger partial charge < -0.3 is 5.32 Å². The summed E-state index contributed by atoms with van der Waals surface area (Å²) in [4.78, 5) is 11.2. The first-order valence-corrected chi connectivity index (χ1v) is 12.7. The topological polar surface area (TPSA) is 102 Å². The molecule has 8 nitrogen and oxygen atoms in total. The molecule has 1 saturated heterocycles. The van der Waals surface area contributed by atoms with Crippen LogP contribution in [0.1, 0.15) is 44.6 Å². The monoisotopic (exact) mass is 442 g/mol. The smallest absolute Gasteiger partial charge is 0.214 e. The number of hydrogen-bond acceptors (Lipinski definition) is 7. The minimum absolute atomic E-state index is 0.247. The number of nitrogens with zero attached hydrogens (tertiary/aromatic N) is 5. The quantitative estimate of drug-likeness (QED) is 0.733. The molecule has 166 valence electrons. The lowest BCUT2D eigenvalue weighted by Crippen LogP contribution is -2.53. The van der Waals surface area contributed by atoms with E-state index in [1.165, 1.54) is 0 Å². The average molecular weight is 443 g/mol. The van der Waals surface area contributed by atoms with Gasteiger partial charge in [0.2, 0.25) is 10.0 Å². The van der Waals surface area contributed by atoms with Crippen molar-refractivity contribution in [3.63, 3.8) is 0 Å². The minimum Gasteiger partial charge on any atom is -0.367 e. The lowest BCUT2D eigenvalue weighted by atomic mass is 9.89. The van der Waals surface area contributed by atoms with Gasteiger partial charge in [-0.25, -0.2) is 18.4 Å². The molecule has 0 unspecified atom stereocenters. The summed E-state index contributed by atoms with van der Waals surface area (Å²) in [6.07, 6.45) is 6.50. The second-order valence-electron chi connectivity index (χ2n) is 8.47. The molecule has 0 bridgehead atoms. The first-order valence-electron chi connectivity index (χ1n) is 11.1. The van der Waals surface area contributed by atoms with E-state index in [1.807, 2.05) is 19.1 Å². The lowest BCUT2D eigenvalue weighted by molar-refractivity contribution is 0.109. The van der Waals surface area contributed by atoms with E-state index in [4.69, 9.17) is 0 Å². The van der Waals surface area contributed by atoms with Gasteiger partial charge in [0.15, 0.2) is 0 Å². The standard InChI is InChI=1S/C22H30N6O2S/c1-2-13-31(29,30)28-11-9-27(10-12-28)19-6-4-18(5-7-19)26-22-20-14-17(15-23)3-8-21(20)24-16-25-22/h3,8,14,16,18-19H,2,4-7,9-13H2,1H3,(H,24,25,26). The second-order valence-corrected chi connectivity index (χ2v) is 10.6. The minimum atomic E-state index is -3.09. The zero-order valence-electron chi connectivity index (χ0n) is 18.0. The highest BCUT2D eigenvalue weighted by molar-refractivity contribution is 7.89. The summed E-state index contributed by atoms with van der Waals surface area (Å²) in [6.45, 7) is 4.76. The Morgan fingerprint density at radius 3 is 2.55 bits per heavy atom. The fourth-order valence-electron chi connectivity index (χ4n) is 4.75. The van der Waals surface area contributed by atoms with E-state index < -0.39 is 10.0 Å². The van der Waals surface area contributed by atoms with Crippen molar-refractivity contribution in [3.8, 4) is 6.07 Å². The van der Waals surface area contributed by atoms with Gasteiger partial charge in [-0.3, -0.25) is 4.90 Å². The van der Waals surface area contributed by atoms with Gasteiger partial charge in [0.25, 0.3) is 0 Å². The number of rotatable bonds is 6. The summed E-state index contributed by atoms with van der Waals surface area (Å²) in [7, 11) is -3.09. The molecule has 9 heteroatoms. The van der Waals surface area contributed by atoms with Gasteiger partial charge in [-0.1, -0.05) is 6.92 Å². The Kier molecular flexibility index (Phi) is 6.70. The van der Waals surface area contributed by atoms with Crippen LogP contribution in [0.5, 0.6) is 0 Å². The van der Waals surface area contributed by atoms with Crippen LogP contribution in [0, 0.1) is 11.3 Å². The van der Waals surface area contributed by atoms with Crippen LogP contribution in [-0.4, -0.2) is 71.6 Å². The van der Waals surface area contributed by atoms with E-state index in [1.54, 1.807) is 16.7 Å². The van der Waals surface area contributed by atoms with Crippen LogP contribution < -0.4 is 5.32 Å². The van der Waals surface area contributed by atoms with Crippen LogP contribution in [-0.2, 0) is 10.0 Å². The van der Waals surface area contributed by atoms with E-state index >= 15 is 0 Å². The van der Waals surface area contributed by atoms with Crippen molar-refractivity contribution in [2.45, 2.75) is 51.1 Å². The summed E-state index contributed by atoms with van der Waals surface area (Å²) >= 11 is 0. The van der Waals surface area contributed by atoms with Crippen molar-refractivity contribution in [2.75, 3.05) is 37.2 Å². The SMILES string of the molecule is CCCS(=O)(=O)N1CCN(C2CCC(Nc3ncnc4ccc(C#N)cc34)CC2)CC1. The number of aromatic nitrogens is 2. The highest BCUT2D eigenvalue weighted by Gasteiger charge is 2.31. The number of sulfonamides is 1. The van der Waals surface area contributed by atoms with Crippen LogP contribution in [0.25, 0.3) is 10.9 Å². The number of anilines is 1. The fourth-order valence-corrected chi connectivity index (χ4v) is 6.25. The van der Waals surface area contributed by atoms with Crippen LogP contribution in [0.3, 0.4) is 0 Å². The van der Waals surface area contributed by atoms with E-state index in [0.29, 0.717) is 37.2 Å².